The molecular formula is C13H15ClN2O3S. The lowest BCUT2D eigenvalue weighted by Gasteiger charge is -2.13. The zero-order valence-corrected chi connectivity index (χ0v) is 12.8. The Morgan fingerprint density at radius 2 is 1.95 bits per heavy atom. The average molecular weight is 315 g/mol. The summed E-state index contributed by atoms with van der Waals surface area (Å²) in [7, 11) is 1.63. The van der Waals surface area contributed by atoms with Crippen LogP contribution < -0.4 is 4.74 Å². The Labute approximate surface area is 122 Å². The van der Waals surface area contributed by atoms with E-state index in [1.165, 1.54) is 12.1 Å². The molecule has 108 valence electrons. The van der Waals surface area contributed by atoms with Gasteiger partial charge in [0.1, 0.15) is 12.4 Å². The van der Waals surface area contributed by atoms with Crippen molar-refractivity contribution >= 4 is 19.7 Å². The molecular weight excluding hydrogens is 300 g/mol. The maximum atomic E-state index is 11.3. The van der Waals surface area contributed by atoms with Gasteiger partial charge < -0.3 is 9.30 Å². The van der Waals surface area contributed by atoms with Crippen LogP contribution in [-0.2, 0) is 15.6 Å². The van der Waals surface area contributed by atoms with Gasteiger partial charge in [0.15, 0.2) is 0 Å². The van der Waals surface area contributed by atoms with E-state index in [1.807, 2.05) is 10.8 Å². The molecule has 5 nitrogen and oxygen atoms in total. The van der Waals surface area contributed by atoms with Gasteiger partial charge in [-0.2, -0.15) is 0 Å². The number of rotatable bonds is 5. The van der Waals surface area contributed by atoms with Crippen LogP contribution in [-0.4, -0.2) is 24.6 Å². The van der Waals surface area contributed by atoms with E-state index in [4.69, 9.17) is 15.4 Å². The van der Waals surface area contributed by atoms with Crippen molar-refractivity contribution in [1.82, 2.24) is 9.55 Å². The van der Waals surface area contributed by atoms with Gasteiger partial charge in [0.05, 0.1) is 17.8 Å². The summed E-state index contributed by atoms with van der Waals surface area (Å²) < 4.78 is 30.3. The first-order chi connectivity index (χ1) is 9.38. The van der Waals surface area contributed by atoms with Gasteiger partial charge in [0, 0.05) is 23.1 Å². The molecule has 7 heteroatoms. The molecule has 0 N–H and O–H groups in total. The number of ether oxygens (including phenoxy) is 1. The van der Waals surface area contributed by atoms with Gasteiger partial charge in [-0.05, 0) is 37.1 Å². The van der Waals surface area contributed by atoms with Gasteiger partial charge in [0.2, 0.25) is 0 Å². The van der Waals surface area contributed by atoms with Gasteiger partial charge in [-0.1, -0.05) is 0 Å². The van der Waals surface area contributed by atoms with Crippen molar-refractivity contribution in [3.63, 3.8) is 0 Å². The summed E-state index contributed by atoms with van der Waals surface area (Å²) in [5.74, 6) is 0.689. The molecule has 0 spiro atoms. The van der Waals surface area contributed by atoms with Crippen LogP contribution in [0.25, 0.3) is 0 Å². The number of benzene rings is 1. The van der Waals surface area contributed by atoms with Crippen LogP contribution in [0.3, 0.4) is 0 Å². The molecule has 0 bridgehead atoms. The topological polar surface area (TPSA) is 61.2 Å². The first kappa shape index (κ1) is 14.9. The summed E-state index contributed by atoms with van der Waals surface area (Å²) in [6.07, 6.45) is 5.27. The van der Waals surface area contributed by atoms with Crippen LogP contribution >= 0.6 is 10.7 Å². The summed E-state index contributed by atoms with van der Waals surface area (Å²) >= 11 is 0. The summed E-state index contributed by atoms with van der Waals surface area (Å²) in [5, 5.41) is 0. The standard InChI is InChI=1S/C13H15ClN2O3S/c1-10-7-12(20(14,17)18)8-11(2)13(10)19-6-5-16-4-3-15-9-16/h3-4,7-9H,5-6H2,1-2H3. The lowest BCUT2D eigenvalue weighted by molar-refractivity contribution is 0.294. The predicted molar refractivity (Wildman–Crippen MR) is 76.7 cm³/mol. The lowest BCUT2D eigenvalue weighted by Crippen LogP contribution is -2.08. The second-order valence-corrected chi connectivity index (χ2v) is 7.04. The van der Waals surface area contributed by atoms with Crippen LogP contribution in [0, 0.1) is 13.8 Å². The Hall–Kier alpha value is -1.53. The zero-order valence-electron chi connectivity index (χ0n) is 11.2. The minimum Gasteiger partial charge on any atom is -0.491 e. The van der Waals surface area contributed by atoms with E-state index in [0.29, 0.717) is 18.9 Å². The van der Waals surface area contributed by atoms with E-state index in [0.717, 1.165) is 11.1 Å². The lowest BCUT2D eigenvalue weighted by atomic mass is 10.1. The maximum Gasteiger partial charge on any atom is 0.261 e. The first-order valence-corrected chi connectivity index (χ1v) is 8.33. The highest BCUT2D eigenvalue weighted by Gasteiger charge is 2.14. The van der Waals surface area contributed by atoms with Crippen molar-refractivity contribution in [2.24, 2.45) is 0 Å². The van der Waals surface area contributed by atoms with E-state index in [2.05, 4.69) is 4.98 Å². The van der Waals surface area contributed by atoms with Crippen LogP contribution in [0.15, 0.2) is 35.7 Å². The molecule has 0 atom stereocenters. The van der Waals surface area contributed by atoms with Gasteiger partial charge in [0.25, 0.3) is 9.05 Å². The molecule has 1 heterocycles. The van der Waals surface area contributed by atoms with E-state index in [-0.39, 0.29) is 4.90 Å². The maximum absolute atomic E-state index is 11.3. The molecule has 0 unspecified atom stereocenters. The summed E-state index contributed by atoms with van der Waals surface area (Å²) in [5.41, 5.74) is 1.49. The number of halogens is 1. The zero-order chi connectivity index (χ0) is 14.8. The number of hydrogen-bond donors (Lipinski definition) is 0. The van der Waals surface area contributed by atoms with Crippen molar-refractivity contribution in [3.05, 3.63) is 42.0 Å². The fourth-order valence-electron chi connectivity index (χ4n) is 1.95. The molecule has 0 saturated carbocycles. The van der Waals surface area contributed by atoms with E-state index in [1.54, 1.807) is 26.4 Å². The predicted octanol–water partition coefficient (Wildman–Crippen LogP) is 2.51. The number of aromatic nitrogens is 2. The normalized spacial score (nSPS) is 11.6. The molecule has 1 aromatic heterocycles. The van der Waals surface area contributed by atoms with Gasteiger partial charge in [-0.25, -0.2) is 13.4 Å². The Morgan fingerprint density at radius 3 is 2.45 bits per heavy atom. The van der Waals surface area contributed by atoms with E-state index >= 15 is 0 Å². The van der Waals surface area contributed by atoms with Gasteiger partial charge in [-0.3, -0.25) is 0 Å². The Morgan fingerprint density at radius 1 is 1.30 bits per heavy atom. The smallest absolute Gasteiger partial charge is 0.261 e. The molecule has 20 heavy (non-hydrogen) atoms. The highest BCUT2D eigenvalue weighted by Crippen LogP contribution is 2.28. The molecule has 0 radical (unpaired) electrons. The van der Waals surface area contributed by atoms with Crippen LogP contribution in [0.4, 0.5) is 0 Å². The molecule has 2 aromatic rings. The van der Waals surface area contributed by atoms with Crippen molar-refractivity contribution < 1.29 is 13.2 Å². The number of nitrogens with zero attached hydrogens (tertiary/aromatic N) is 2. The number of hydrogen-bond acceptors (Lipinski definition) is 4. The fourth-order valence-corrected chi connectivity index (χ4v) is 2.85. The number of aryl methyl sites for hydroxylation is 2. The number of imidazole rings is 1. The third-order valence-electron chi connectivity index (χ3n) is 2.87. The van der Waals surface area contributed by atoms with E-state index < -0.39 is 9.05 Å². The molecule has 1 aromatic carbocycles. The monoisotopic (exact) mass is 314 g/mol. The average Bonchev–Trinajstić information content (AvgIpc) is 2.84. The Kier molecular flexibility index (Phi) is 4.35. The Balaban J connectivity index is 2.12. The third-order valence-corrected chi connectivity index (χ3v) is 4.20. The first-order valence-electron chi connectivity index (χ1n) is 6.02. The Bertz CT molecular complexity index is 673. The quantitative estimate of drug-likeness (QED) is 0.796. The van der Waals surface area contributed by atoms with Crippen molar-refractivity contribution in [2.75, 3.05) is 6.61 Å². The van der Waals surface area contributed by atoms with Crippen LogP contribution in [0.2, 0.25) is 0 Å². The SMILES string of the molecule is Cc1cc(S(=O)(=O)Cl)cc(C)c1OCCn1ccnc1. The minimum atomic E-state index is -3.72. The van der Waals surface area contributed by atoms with E-state index in [9.17, 15) is 8.42 Å². The highest BCUT2D eigenvalue weighted by atomic mass is 35.7. The van der Waals surface area contributed by atoms with Crippen molar-refractivity contribution in [2.45, 2.75) is 25.3 Å². The van der Waals surface area contributed by atoms with Crippen LogP contribution in [0.5, 0.6) is 5.75 Å². The summed E-state index contributed by atoms with van der Waals surface area (Å²) in [6, 6.07) is 3.03. The summed E-state index contributed by atoms with van der Waals surface area (Å²) in [6.45, 7) is 4.75. The molecule has 0 aliphatic heterocycles. The largest absolute Gasteiger partial charge is 0.491 e. The minimum absolute atomic E-state index is 0.0936. The van der Waals surface area contributed by atoms with Gasteiger partial charge in [-0.15, -0.1) is 0 Å². The highest BCUT2D eigenvalue weighted by molar-refractivity contribution is 8.13. The van der Waals surface area contributed by atoms with Crippen molar-refractivity contribution in [1.29, 1.82) is 0 Å². The third kappa shape index (κ3) is 3.52. The van der Waals surface area contributed by atoms with Gasteiger partial charge >= 0.3 is 0 Å². The summed E-state index contributed by atoms with van der Waals surface area (Å²) in [4.78, 5) is 4.04. The van der Waals surface area contributed by atoms with Crippen LogP contribution in [0.1, 0.15) is 11.1 Å². The molecule has 0 fully saturated rings. The molecule has 0 amide bonds. The molecule has 0 aliphatic rings. The molecule has 2 rings (SSSR count). The second kappa shape index (κ2) is 5.85. The fraction of sp³-hybridized carbons (Fsp3) is 0.308. The second-order valence-electron chi connectivity index (χ2n) is 4.47. The van der Waals surface area contributed by atoms with Crippen molar-refractivity contribution in [3.8, 4) is 5.75 Å². The molecule has 0 aliphatic carbocycles. The molecule has 0 saturated heterocycles.